The molecule has 98 valence electrons. The van der Waals surface area contributed by atoms with Crippen molar-refractivity contribution in [1.82, 2.24) is 20.0 Å². The summed E-state index contributed by atoms with van der Waals surface area (Å²) in [7, 11) is 4.19. The molecule has 2 rings (SSSR count). The first-order valence-electron chi connectivity index (χ1n) is 5.95. The van der Waals surface area contributed by atoms with Crippen molar-refractivity contribution < 1.29 is 0 Å². The second-order valence-corrected chi connectivity index (χ2v) is 5.36. The van der Waals surface area contributed by atoms with Crippen LogP contribution in [0.5, 0.6) is 0 Å². The van der Waals surface area contributed by atoms with Gasteiger partial charge < -0.3 is 5.32 Å². The molecule has 1 unspecified atom stereocenters. The summed E-state index contributed by atoms with van der Waals surface area (Å²) in [5, 5.41) is 7.64. The van der Waals surface area contributed by atoms with Crippen LogP contribution < -0.4 is 5.32 Å². The van der Waals surface area contributed by atoms with Gasteiger partial charge in [-0.1, -0.05) is 6.92 Å². The van der Waals surface area contributed by atoms with Gasteiger partial charge in [0.05, 0.1) is 5.69 Å². The van der Waals surface area contributed by atoms with Crippen LogP contribution in [0.1, 0.15) is 19.0 Å². The Morgan fingerprint density at radius 2 is 2.35 bits per heavy atom. The standard InChI is InChI=1S/C12H22N4.ClH/c1-12(5-7-13-9-12)10-15(2)8-11-4-6-14-16(11)3;/h4,6,13H,5,7-10H2,1-3H3;1H. The quantitative estimate of drug-likeness (QED) is 0.883. The summed E-state index contributed by atoms with van der Waals surface area (Å²) in [6.07, 6.45) is 3.14. The Morgan fingerprint density at radius 1 is 1.59 bits per heavy atom. The Hall–Kier alpha value is -0.580. The minimum absolute atomic E-state index is 0. The minimum atomic E-state index is 0. The van der Waals surface area contributed by atoms with E-state index >= 15 is 0 Å². The van der Waals surface area contributed by atoms with Crippen molar-refractivity contribution in [3.63, 3.8) is 0 Å². The zero-order valence-electron chi connectivity index (χ0n) is 10.9. The van der Waals surface area contributed by atoms with Crippen LogP contribution in [0.2, 0.25) is 0 Å². The molecule has 0 aliphatic carbocycles. The average Bonchev–Trinajstić information content (AvgIpc) is 2.77. The van der Waals surface area contributed by atoms with Gasteiger partial charge in [-0.25, -0.2) is 0 Å². The maximum atomic E-state index is 4.20. The highest BCUT2D eigenvalue weighted by Gasteiger charge is 2.29. The molecule has 1 atom stereocenters. The van der Waals surface area contributed by atoms with E-state index in [1.807, 2.05) is 17.9 Å². The third-order valence-electron chi connectivity index (χ3n) is 3.46. The molecule has 1 fully saturated rings. The van der Waals surface area contributed by atoms with Crippen LogP contribution in [0, 0.1) is 5.41 Å². The molecule has 1 aromatic rings. The zero-order chi connectivity index (χ0) is 11.6. The summed E-state index contributed by atoms with van der Waals surface area (Å²) in [6, 6.07) is 2.09. The molecule has 17 heavy (non-hydrogen) atoms. The number of hydrogen-bond acceptors (Lipinski definition) is 3. The molecule has 5 heteroatoms. The molecule has 1 aromatic heterocycles. The Morgan fingerprint density at radius 3 is 2.88 bits per heavy atom. The fraction of sp³-hybridized carbons (Fsp3) is 0.750. The van der Waals surface area contributed by atoms with E-state index in [2.05, 4.69) is 35.4 Å². The van der Waals surface area contributed by atoms with Gasteiger partial charge in [-0.2, -0.15) is 5.10 Å². The van der Waals surface area contributed by atoms with Gasteiger partial charge in [0.1, 0.15) is 0 Å². The zero-order valence-corrected chi connectivity index (χ0v) is 11.8. The molecule has 4 nitrogen and oxygen atoms in total. The van der Waals surface area contributed by atoms with Crippen molar-refractivity contribution in [2.45, 2.75) is 19.9 Å². The predicted molar refractivity (Wildman–Crippen MR) is 72.4 cm³/mol. The van der Waals surface area contributed by atoms with Crippen LogP contribution in [0.25, 0.3) is 0 Å². The fourth-order valence-electron chi connectivity index (χ4n) is 2.54. The minimum Gasteiger partial charge on any atom is -0.316 e. The number of rotatable bonds is 4. The van der Waals surface area contributed by atoms with Crippen molar-refractivity contribution in [2.75, 3.05) is 26.7 Å². The van der Waals surface area contributed by atoms with Crippen LogP contribution in [0.4, 0.5) is 0 Å². The lowest BCUT2D eigenvalue weighted by Crippen LogP contribution is -2.35. The molecule has 0 bridgehead atoms. The molecule has 0 saturated carbocycles. The monoisotopic (exact) mass is 258 g/mol. The van der Waals surface area contributed by atoms with E-state index in [-0.39, 0.29) is 12.4 Å². The van der Waals surface area contributed by atoms with Gasteiger partial charge in [-0.15, -0.1) is 12.4 Å². The van der Waals surface area contributed by atoms with Gasteiger partial charge in [-0.05, 0) is 31.5 Å². The predicted octanol–water partition coefficient (Wildman–Crippen LogP) is 1.27. The first kappa shape index (κ1) is 14.5. The molecule has 1 aliphatic heterocycles. The molecule has 0 spiro atoms. The van der Waals surface area contributed by atoms with Gasteiger partial charge in [0.2, 0.25) is 0 Å². The number of hydrogen-bond donors (Lipinski definition) is 1. The maximum absolute atomic E-state index is 4.20. The SMILES string of the molecule is CN(Cc1ccnn1C)CC1(C)CCNC1.Cl. The molecule has 1 aliphatic rings. The van der Waals surface area contributed by atoms with Crippen molar-refractivity contribution >= 4 is 12.4 Å². The molecular weight excluding hydrogens is 236 g/mol. The van der Waals surface area contributed by atoms with Gasteiger partial charge in [0.25, 0.3) is 0 Å². The molecule has 0 amide bonds. The van der Waals surface area contributed by atoms with Crippen molar-refractivity contribution in [3.05, 3.63) is 18.0 Å². The summed E-state index contributed by atoms with van der Waals surface area (Å²) < 4.78 is 1.95. The Labute approximate surface area is 110 Å². The lowest BCUT2D eigenvalue weighted by Gasteiger charge is -2.29. The lowest BCUT2D eigenvalue weighted by atomic mass is 9.89. The van der Waals surface area contributed by atoms with Crippen LogP contribution >= 0.6 is 12.4 Å². The third kappa shape index (κ3) is 3.69. The highest BCUT2D eigenvalue weighted by Crippen LogP contribution is 2.25. The first-order chi connectivity index (χ1) is 7.59. The van der Waals surface area contributed by atoms with E-state index in [1.54, 1.807) is 0 Å². The van der Waals surface area contributed by atoms with Crippen molar-refractivity contribution in [3.8, 4) is 0 Å². The van der Waals surface area contributed by atoms with E-state index in [9.17, 15) is 0 Å². The van der Waals surface area contributed by atoms with Crippen LogP contribution in [0.3, 0.4) is 0 Å². The van der Waals surface area contributed by atoms with Gasteiger partial charge in [0, 0.05) is 32.9 Å². The van der Waals surface area contributed by atoms with E-state index < -0.39 is 0 Å². The van der Waals surface area contributed by atoms with E-state index in [0.717, 1.165) is 26.2 Å². The summed E-state index contributed by atoms with van der Waals surface area (Å²) in [5.74, 6) is 0. The third-order valence-corrected chi connectivity index (χ3v) is 3.46. The Kier molecular flexibility index (Phi) is 4.98. The fourth-order valence-corrected chi connectivity index (χ4v) is 2.54. The lowest BCUT2D eigenvalue weighted by molar-refractivity contribution is 0.200. The summed E-state index contributed by atoms with van der Waals surface area (Å²) >= 11 is 0. The normalized spacial score (nSPS) is 24.0. The largest absolute Gasteiger partial charge is 0.316 e. The van der Waals surface area contributed by atoms with Gasteiger partial charge in [0.15, 0.2) is 0 Å². The number of halogens is 1. The van der Waals surface area contributed by atoms with Crippen molar-refractivity contribution in [2.24, 2.45) is 12.5 Å². The molecular formula is C12H23ClN4. The topological polar surface area (TPSA) is 33.1 Å². The Bertz CT molecular complexity index is 344. The summed E-state index contributed by atoms with van der Waals surface area (Å²) in [4.78, 5) is 2.39. The highest BCUT2D eigenvalue weighted by atomic mass is 35.5. The molecule has 1 saturated heterocycles. The van der Waals surface area contributed by atoms with E-state index in [0.29, 0.717) is 5.41 Å². The number of nitrogens with zero attached hydrogens (tertiary/aromatic N) is 3. The summed E-state index contributed by atoms with van der Waals surface area (Å²) in [6.45, 7) is 6.79. The van der Waals surface area contributed by atoms with Crippen LogP contribution in [0.15, 0.2) is 12.3 Å². The molecule has 0 aromatic carbocycles. The Balaban J connectivity index is 0.00000144. The molecule has 0 radical (unpaired) electrons. The second-order valence-electron chi connectivity index (χ2n) is 5.36. The number of aryl methyl sites for hydroxylation is 1. The highest BCUT2D eigenvalue weighted by molar-refractivity contribution is 5.85. The van der Waals surface area contributed by atoms with E-state index in [1.165, 1.54) is 12.1 Å². The van der Waals surface area contributed by atoms with E-state index in [4.69, 9.17) is 0 Å². The molecule has 1 N–H and O–H groups in total. The smallest absolute Gasteiger partial charge is 0.0520 e. The van der Waals surface area contributed by atoms with Gasteiger partial charge in [-0.3, -0.25) is 9.58 Å². The van der Waals surface area contributed by atoms with Crippen LogP contribution in [-0.2, 0) is 13.6 Å². The second kappa shape index (κ2) is 5.85. The summed E-state index contributed by atoms with van der Waals surface area (Å²) in [5.41, 5.74) is 1.71. The first-order valence-corrected chi connectivity index (χ1v) is 5.95. The average molecular weight is 259 g/mol. The van der Waals surface area contributed by atoms with Crippen molar-refractivity contribution in [1.29, 1.82) is 0 Å². The maximum Gasteiger partial charge on any atom is 0.0520 e. The van der Waals surface area contributed by atoms with Crippen LogP contribution in [-0.4, -0.2) is 41.4 Å². The number of nitrogens with one attached hydrogen (secondary N) is 1. The molecule has 2 heterocycles. The van der Waals surface area contributed by atoms with Gasteiger partial charge >= 0.3 is 0 Å². The number of aromatic nitrogens is 2.